The second-order valence-electron chi connectivity index (χ2n) is 10.6. The molecular weight excluding hydrogens is 412 g/mol. The molecule has 0 radical (unpaired) electrons. The fourth-order valence-corrected chi connectivity index (χ4v) is 4.94. The van der Waals surface area contributed by atoms with E-state index in [4.69, 9.17) is 9.47 Å². The molecule has 0 amide bonds. The van der Waals surface area contributed by atoms with E-state index in [1.165, 1.54) is 11.1 Å². The van der Waals surface area contributed by atoms with Crippen LogP contribution in [-0.2, 0) is 19.1 Å². The molecule has 0 aliphatic carbocycles. The minimum Gasteiger partial charge on any atom is -0.466 e. The van der Waals surface area contributed by atoms with Crippen LogP contribution in [0.15, 0.2) is 23.3 Å². The van der Waals surface area contributed by atoms with Gasteiger partial charge >= 0.3 is 11.9 Å². The van der Waals surface area contributed by atoms with Crippen molar-refractivity contribution in [2.24, 2.45) is 29.1 Å². The summed E-state index contributed by atoms with van der Waals surface area (Å²) >= 11 is 0. The van der Waals surface area contributed by atoms with Crippen molar-refractivity contribution in [3.8, 4) is 0 Å². The zero-order chi connectivity index (χ0) is 25.6. The van der Waals surface area contributed by atoms with E-state index >= 15 is 0 Å². The van der Waals surface area contributed by atoms with E-state index in [2.05, 4.69) is 67.5 Å². The molecule has 192 valence electrons. The highest BCUT2D eigenvalue weighted by atomic mass is 16.5. The van der Waals surface area contributed by atoms with Gasteiger partial charge in [-0.2, -0.15) is 0 Å². The Labute approximate surface area is 204 Å². The molecule has 0 aromatic carbocycles. The Hall–Kier alpha value is -1.58. The van der Waals surface area contributed by atoms with Crippen LogP contribution in [0, 0.1) is 29.1 Å². The Morgan fingerprint density at radius 2 is 0.939 bits per heavy atom. The highest BCUT2D eigenvalue weighted by Gasteiger charge is 2.35. The van der Waals surface area contributed by atoms with Crippen LogP contribution in [0.4, 0.5) is 0 Å². The molecule has 0 heterocycles. The maximum atomic E-state index is 12.6. The maximum absolute atomic E-state index is 12.6. The van der Waals surface area contributed by atoms with Crippen LogP contribution in [0.1, 0.15) is 108 Å². The average molecular weight is 465 g/mol. The van der Waals surface area contributed by atoms with E-state index in [0.29, 0.717) is 36.9 Å². The third kappa shape index (κ3) is 12.5. The molecule has 0 aliphatic rings. The van der Waals surface area contributed by atoms with Crippen molar-refractivity contribution in [3.05, 3.63) is 23.3 Å². The van der Waals surface area contributed by atoms with Crippen molar-refractivity contribution < 1.29 is 19.1 Å². The summed E-state index contributed by atoms with van der Waals surface area (Å²) in [6, 6.07) is 0. The molecule has 0 aromatic rings. The van der Waals surface area contributed by atoms with Gasteiger partial charge in [-0.15, -0.1) is 0 Å². The lowest BCUT2D eigenvalue weighted by Gasteiger charge is -2.32. The van der Waals surface area contributed by atoms with Crippen LogP contribution in [-0.4, -0.2) is 25.2 Å². The highest BCUT2D eigenvalue weighted by molar-refractivity contribution is 5.74. The molecule has 4 heteroatoms. The lowest BCUT2D eigenvalue weighted by atomic mass is 9.72. The summed E-state index contributed by atoms with van der Waals surface area (Å²) in [6.07, 6.45) is 8.36. The average Bonchev–Trinajstić information content (AvgIpc) is 2.67. The van der Waals surface area contributed by atoms with Gasteiger partial charge in [0.05, 0.1) is 26.1 Å². The molecular formula is C29H52O4. The van der Waals surface area contributed by atoms with Crippen LogP contribution < -0.4 is 0 Å². The SMILES string of the molecule is CCOC(=O)CC(CCC=C(C(C)C)C(C)C)(CCC=C(C(C)C)C(C)C)CC(=O)OCC. The largest absolute Gasteiger partial charge is 0.466 e. The first-order chi connectivity index (χ1) is 15.4. The first-order valence-corrected chi connectivity index (χ1v) is 13.1. The number of rotatable bonds is 16. The van der Waals surface area contributed by atoms with Crippen LogP contribution in [0.2, 0.25) is 0 Å². The molecule has 0 N–H and O–H groups in total. The molecule has 0 aliphatic heterocycles. The summed E-state index contributed by atoms with van der Waals surface area (Å²) in [4.78, 5) is 25.2. The molecule has 0 fully saturated rings. The molecule has 0 saturated heterocycles. The summed E-state index contributed by atoms with van der Waals surface area (Å²) in [7, 11) is 0. The number of hydrogen-bond donors (Lipinski definition) is 0. The van der Waals surface area contributed by atoms with Crippen LogP contribution in [0.25, 0.3) is 0 Å². The van der Waals surface area contributed by atoms with Gasteiger partial charge in [0.15, 0.2) is 0 Å². The Balaban J connectivity index is 5.99. The first kappa shape index (κ1) is 31.4. The van der Waals surface area contributed by atoms with Gasteiger partial charge in [-0.1, -0.05) is 78.7 Å². The summed E-state index contributed by atoms with van der Waals surface area (Å²) in [6.45, 7) is 22.1. The zero-order valence-electron chi connectivity index (χ0n) is 23.3. The van der Waals surface area contributed by atoms with Crippen LogP contribution in [0.3, 0.4) is 0 Å². The van der Waals surface area contributed by atoms with Crippen molar-refractivity contribution in [2.75, 3.05) is 13.2 Å². The van der Waals surface area contributed by atoms with Gasteiger partial charge in [0.1, 0.15) is 0 Å². The molecule has 0 rings (SSSR count). The predicted octanol–water partition coefficient (Wildman–Crippen LogP) is 7.92. The lowest BCUT2D eigenvalue weighted by Crippen LogP contribution is -2.30. The van der Waals surface area contributed by atoms with Crippen molar-refractivity contribution in [3.63, 3.8) is 0 Å². The minimum absolute atomic E-state index is 0.226. The number of esters is 2. The molecule has 0 atom stereocenters. The van der Waals surface area contributed by atoms with E-state index in [-0.39, 0.29) is 24.8 Å². The van der Waals surface area contributed by atoms with Crippen LogP contribution in [0.5, 0.6) is 0 Å². The number of allylic oxidation sites excluding steroid dienone is 4. The van der Waals surface area contributed by atoms with E-state index in [9.17, 15) is 9.59 Å². The minimum atomic E-state index is -0.469. The van der Waals surface area contributed by atoms with Gasteiger partial charge in [0, 0.05) is 0 Å². The lowest BCUT2D eigenvalue weighted by molar-refractivity contribution is -0.150. The summed E-state index contributed by atoms with van der Waals surface area (Å²) in [5, 5.41) is 0. The number of carbonyl (C=O) groups excluding carboxylic acids is 2. The predicted molar refractivity (Wildman–Crippen MR) is 139 cm³/mol. The van der Waals surface area contributed by atoms with E-state index in [1.54, 1.807) is 0 Å². The van der Waals surface area contributed by atoms with E-state index < -0.39 is 5.41 Å². The monoisotopic (exact) mass is 464 g/mol. The number of carbonyl (C=O) groups is 2. The zero-order valence-corrected chi connectivity index (χ0v) is 23.3. The molecule has 0 aromatic heterocycles. The summed E-state index contributed by atoms with van der Waals surface area (Å²) < 4.78 is 10.6. The topological polar surface area (TPSA) is 52.6 Å². The maximum Gasteiger partial charge on any atom is 0.306 e. The van der Waals surface area contributed by atoms with Crippen molar-refractivity contribution in [1.29, 1.82) is 0 Å². The number of ether oxygens (including phenoxy) is 2. The summed E-state index contributed by atoms with van der Waals surface area (Å²) in [5.41, 5.74) is 2.39. The van der Waals surface area contributed by atoms with Gasteiger partial charge in [-0.3, -0.25) is 9.59 Å². The highest BCUT2D eigenvalue weighted by Crippen LogP contribution is 2.40. The Morgan fingerprint density at radius 1 is 0.636 bits per heavy atom. The van der Waals surface area contributed by atoms with Crippen molar-refractivity contribution in [2.45, 2.75) is 108 Å². The molecule has 0 bridgehead atoms. The third-order valence-corrected chi connectivity index (χ3v) is 6.43. The number of hydrogen-bond acceptors (Lipinski definition) is 4. The van der Waals surface area contributed by atoms with Crippen molar-refractivity contribution >= 4 is 11.9 Å². The summed E-state index contributed by atoms with van der Waals surface area (Å²) in [5.74, 6) is 1.48. The fraction of sp³-hybridized carbons (Fsp3) is 0.793. The van der Waals surface area contributed by atoms with Crippen LogP contribution >= 0.6 is 0 Å². The second kappa shape index (κ2) is 16.1. The van der Waals surface area contributed by atoms with Gasteiger partial charge in [-0.25, -0.2) is 0 Å². The quantitative estimate of drug-likeness (QED) is 0.172. The Bertz CT molecular complexity index is 562. The molecule has 4 nitrogen and oxygen atoms in total. The van der Waals surface area contributed by atoms with E-state index in [1.807, 2.05) is 13.8 Å². The standard InChI is InChI=1S/C29H52O4/c1-11-32-27(30)19-29(20-28(31)33-12-2,17-13-15-25(21(3)4)22(5)6)18-14-16-26(23(7)8)24(9)10/h15-16,21-24H,11-14,17-20H2,1-10H3. The van der Waals surface area contributed by atoms with E-state index in [0.717, 1.165) is 25.7 Å². The molecule has 33 heavy (non-hydrogen) atoms. The molecule has 0 saturated carbocycles. The third-order valence-electron chi connectivity index (χ3n) is 6.43. The van der Waals surface area contributed by atoms with Gasteiger partial charge in [0.2, 0.25) is 0 Å². The van der Waals surface area contributed by atoms with Gasteiger partial charge in [0.25, 0.3) is 0 Å². The van der Waals surface area contributed by atoms with Gasteiger partial charge in [-0.05, 0) is 68.6 Å². The molecule has 0 spiro atoms. The van der Waals surface area contributed by atoms with Gasteiger partial charge < -0.3 is 9.47 Å². The first-order valence-electron chi connectivity index (χ1n) is 13.1. The fourth-order valence-electron chi connectivity index (χ4n) is 4.94. The Morgan fingerprint density at radius 3 is 1.18 bits per heavy atom. The Kier molecular flexibility index (Phi) is 15.3. The normalized spacial score (nSPS) is 11.8. The second-order valence-corrected chi connectivity index (χ2v) is 10.6. The van der Waals surface area contributed by atoms with Crippen molar-refractivity contribution in [1.82, 2.24) is 0 Å². The smallest absolute Gasteiger partial charge is 0.306 e. The molecule has 0 unspecified atom stereocenters.